The Kier molecular flexibility index (Phi) is 3.52. The molecule has 0 spiro atoms. The normalized spacial score (nSPS) is 12.4. The highest BCUT2D eigenvalue weighted by atomic mass is 32.1. The first kappa shape index (κ1) is 12.8. The van der Waals surface area contributed by atoms with E-state index in [1.807, 2.05) is 50.1 Å². The van der Waals surface area contributed by atoms with Crippen LogP contribution in [0.3, 0.4) is 0 Å². The van der Waals surface area contributed by atoms with Crippen LogP contribution < -0.4 is 5.32 Å². The Morgan fingerprint density at radius 1 is 1.50 bits per heavy atom. The fourth-order valence-corrected chi connectivity index (χ4v) is 2.71. The van der Waals surface area contributed by atoms with E-state index >= 15 is 0 Å². The SMILES string of the molecule is Cc1ccsc1C(=O)N[C@H](C)c1cnn(C)c1C. The summed E-state index contributed by atoms with van der Waals surface area (Å²) in [6.07, 6.45) is 1.81. The van der Waals surface area contributed by atoms with Gasteiger partial charge in [0.2, 0.25) is 0 Å². The van der Waals surface area contributed by atoms with E-state index in [9.17, 15) is 4.79 Å². The van der Waals surface area contributed by atoms with Gasteiger partial charge in [-0.2, -0.15) is 5.10 Å². The van der Waals surface area contributed by atoms with Gasteiger partial charge >= 0.3 is 0 Å². The maximum atomic E-state index is 12.1. The summed E-state index contributed by atoms with van der Waals surface area (Å²) in [4.78, 5) is 12.9. The third kappa shape index (κ3) is 2.31. The van der Waals surface area contributed by atoms with Crippen molar-refractivity contribution >= 4 is 17.2 Å². The summed E-state index contributed by atoms with van der Waals surface area (Å²) in [5.74, 6) is -0.0155. The standard InChI is InChI=1S/C13H17N3OS/c1-8-5-6-18-12(8)13(17)15-9(2)11-7-14-16(4)10(11)3/h5-7,9H,1-4H3,(H,15,17)/t9-/m1/s1. The predicted molar refractivity (Wildman–Crippen MR) is 72.9 cm³/mol. The second kappa shape index (κ2) is 4.94. The highest BCUT2D eigenvalue weighted by Crippen LogP contribution is 2.19. The molecule has 0 aliphatic heterocycles. The molecule has 2 aromatic heterocycles. The Morgan fingerprint density at radius 2 is 2.22 bits per heavy atom. The van der Waals surface area contributed by atoms with Crippen molar-refractivity contribution < 1.29 is 4.79 Å². The predicted octanol–water partition coefficient (Wildman–Crippen LogP) is 2.59. The third-order valence-corrected chi connectivity index (χ3v) is 4.17. The van der Waals surface area contributed by atoms with Gasteiger partial charge in [-0.1, -0.05) is 0 Å². The van der Waals surface area contributed by atoms with Crippen LogP contribution >= 0.6 is 11.3 Å². The number of carbonyl (C=O) groups is 1. The molecule has 2 rings (SSSR count). The van der Waals surface area contributed by atoms with E-state index in [0.717, 1.165) is 21.7 Å². The van der Waals surface area contributed by atoms with E-state index in [2.05, 4.69) is 10.4 Å². The second-order valence-corrected chi connectivity index (χ2v) is 5.35. The zero-order valence-corrected chi connectivity index (χ0v) is 11.8. The smallest absolute Gasteiger partial charge is 0.262 e. The zero-order chi connectivity index (χ0) is 13.3. The largest absolute Gasteiger partial charge is 0.345 e. The quantitative estimate of drug-likeness (QED) is 0.925. The fourth-order valence-electron chi connectivity index (χ4n) is 1.89. The number of carbonyl (C=O) groups excluding carboxylic acids is 1. The van der Waals surface area contributed by atoms with Crippen LogP contribution in [0.5, 0.6) is 0 Å². The Bertz CT molecular complexity index is 571. The molecule has 0 aliphatic rings. The minimum Gasteiger partial charge on any atom is -0.345 e. The molecule has 0 saturated heterocycles. The fraction of sp³-hybridized carbons (Fsp3) is 0.385. The van der Waals surface area contributed by atoms with Gasteiger partial charge in [0.25, 0.3) is 5.91 Å². The molecule has 0 aromatic carbocycles. The second-order valence-electron chi connectivity index (χ2n) is 4.44. The number of hydrogen-bond donors (Lipinski definition) is 1. The summed E-state index contributed by atoms with van der Waals surface area (Å²) in [6.45, 7) is 5.93. The van der Waals surface area contributed by atoms with E-state index < -0.39 is 0 Å². The lowest BCUT2D eigenvalue weighted by molar-refractivity contribution is 0.0943. The van der Waals surface area contributed by atoms with Gasteiger partial charge in [0.1, 0.15) is 0 Å². The van der Waals surface area contributed by atoms with E-state index in [0.29, 0.717) is 0 Å². The first-order valence-electron chi connectivity index (χ1n) is 5.84. The first-order chi connectivity index (χ1) is 8.50. The van der Waals surface area contributed by atoms with Crippen LogP contribution in [-0.2, 0) is 7.05 Å². The van der Waals surface area contributed by atoms with Crippen molar-refractivity contribution in [2.24, 2.45) is 7.05 Å². The third-order valence-electron chi connectivity index (χ3n) is 3.16. The lowest BCUT2D eigenvalue weighted by Gasteiger charge is -2.13. The number of aryl methyl sites for hydroxylation is 2. The molecule has 1 atom stereocenters. The molecule has 0 bridgehead atoms. The molecule has 0 fully saturated rings. The maximum absolute atomic E-state index is 12.1. The van der Waals surface area contributed by atoms with Crippen LogP contribution in [0.2, 0.25) is 0 Å². The molecular formula is C13H17N3OS. The average Bonchev–Trinajstić information content (AvgIpc) is 2.87. The average molecular weight is 263 g/mol. The number of nitrogens with one attached hydrogen (secondary N) is 1. The van der Waals surface area contributed by atoms with Gasteiger partial charge in [-0.05, 0) is 37.8 Å². The highest BCUT2D eigenvalue weighted by molar-refractivity contribution is 7.12. The topological polar surface area (TPSA) is 46.9 Å². The molecule has 4 nitrogen and oxygen atoms in total. The van der Waals surface area contributed by atoms with Crippen molar-refractivity contribution in [1.82, 2.24) is 15.1 Å². The Morgan fingerprint density at radius 3 is 2.72 bits per heavy atom. The molecule has 18 heavy (non-hydrogen) atoms. The van der Waals surface area contributed by atoms with E-state index in [-0.39, 0.29) is 11.9 Å². The van der Waals surface area contributed by atoms with E-state index in [1.54, 1.807) is 0 Å². The summed E-state index contributed by atoms with van der Waals surface area (Å²) in [5.41, 5.74) is 3.15. The van der Waals surface area contributed by atoms with Crippen molar-refractivity contribution in [3.8, 4) is 0 Å². The van der Waals surface area contributed by atoms with Gasteiger partial charge in [0.05, 0.1) is 17.1 Å². The first-order valence-corrected chi connectivity index (χ1v) is 6.72. The van der Waals surface area contributed by atoms with Crippen LogP contribution in [0, 0.1) is 13.8 Å². The molecule has 2 heterocycles. The molecule has 0 aliphatic carbocycles. The van der Waals surface area contributed by atoms with Crippen molar-refractivity contribution in [2.45, 2.75) is 26.8 Å². The monoisotopic (exact) mass is 263 g/mol. The summed E-state index contributed by atoms with van der Waals surface area (Å²) >= 11 is 1.47. The van der Waals surface area contributed by atoms with Crippen molar-refractivity contribution in [3.63, 3.8) is 0 Å². The van der Waals surface area contributed by atoms with E-state index in [4.69, 9.17) is 0 Å². The summed E-state index contributed by atoms with van der Waals surface area (Å²) in [5, 5.41) is 9.14. The minimum atomic E-state index is -0.0345. The Labute approximate surface area is 111 Å². The Hall–Kier alpha value is -1.62. The molecule has 2 aromatic rings. The Balaban J connectivity index is 2.13. The van der Waals surface area contributed by atoms with Crippen LogP contribution in [-0.4, -0.2) is 15.7 Å². The number of rotatable bonds is 3. The molecule has 0 unspecified atom stereocenters. The molecule has 1 amide bonds. The van der Waals surface area contributed by atoms with Crippen LogP contribution in [0.25, 0.3) is 0 Å². The van der Waals surface area contributed by atoms with Crippen LogP contribution in [0.15, 0.2) is 17.6 Å². The van der Waals surface area contributed by atoms with Gasteiger partial charge in [0, 0.05) is 18.3 Å². The van der Waals surface area contributed by atoms with Gasteiger partial charge in [0.15, 0.2) is 0 Å². The number of hydrogen-bond acceptors (Lipinski definition) is 3. The molecule has 0 radical (unpaired) electrons. The molecular weight excluding hydrogens is 246 g/mol. The molecule has 96 valence electrons. The highest BCUT2D eigenvalue weighted by Gasteiger charge is 2.17. The molecule has 1 N–H and O–H groups in total. The lowest BCUT2D eigenvalue weighted by atomic mass is 10.1. The number of thiophene rings is 1. The summed E-state index contributed by atoms with van der Waals surface area (Å²) in [7, 11) is 1.90. The van der Waals surface area contributed by atoms with Crippen LogP contribution in [0.1, 0.15) is 39.5 Å². The van der Waals surface area contributed by atoms with Crippen molar-refractivity contribution in [1.29, 1.82) is 0 Å². The minimum absolute atomic E-state index is 0.0155. The number of amides is 1. The van der Waals surface area contributed by atoms with Crippen molar-refractivity contribution in [3.05, 3.63) is 39.3 Å². The number of nitrogens with zero attached hydrogens (tertiary/aromatic N) is 2. The summed E-state index contributed by atoms with van der Waals surface area (Å²) in [6, 6.07) is 1.92. The maximum Gasteiger partial charge on any atom is 0.262 e. The van der Waals surface area contributed by atoms with Gasteiger partial charge < -0.3 is 5.32 Å². The molecule has 5 heteroatoms. The molecule has 0 saturated carbocycles. The zero-order valence-electron chi connectivity index (χ0n) is 11.0. The van der Waals surface area contributed by atoms with Gasteiger partial charge in [-0.3, -0.25) is 9.48 Å². The lowest BCUT2D eigenvalue weighted by Crippen LogP contribution is -2.26. The summed E-state index contributed by atoms with van der Waals surface area (Å²) < 4.78 is 1.81. The van der Waals surface area contributed by atoms with Gasteiger partial charge in [-0.15, -0.1) is 11.3 Å². The van der Waals surface area contributed by atoms with Crippen LogP contribution in [0.4, 0.5) is 0 Å². The van der Waals surface area contributed by atoms with E-state index in [1.165, 1.54) is 11.3 Å². The van der Waals surface area contributed by atoms with Gasteiger partial charge in [-0.25, -0.2) is 0 Å². The number of aromatic nitrogens is 2. The van der Waals surface area contributed by atoms with Crippen molar-refractivity contribution in [2.75, 3.05) is 0 Å².